The predicted molar refractivity (Wildman–Crippen MR) is 115 cm³/mol. The van der Waals surface area contributed by atoms with Gasteiger partial charge in [0.15, 0.2) is 6.61 Å². The maximum Gasteiger partial charge on any atom is 0.306 e. The molecule has 0 aliphatic heterocycles. The lowest BCUT2D eigenvalue weighted by Crippen LogP contribution is -2.22. The number of esters is 1. The van der Waals surface area contributed by atoms with Crippen LogP contribution in [0.4, 0.5) is 11.4 Å². The summed E-state index contributed by atoms with van der Waals surface area (Å²) in [4.78, 5) is 35.9. The molecule has 0 heterocycles. The van der Waals surface area contributed by atoms with Crippen LogP contribution in [0.2, 0.25) is 0 Å². The van der Waals surface area contributed by atoms with Crippen LogP contribution in [-0.4, -0.2) is 45.2 Å². The van der Waals surface area contributed by atoms with Gasteiger partial charge in [-0.15, -0.1) is 0 Å². The van der Waals surface area contributed by atoms with Gasteiger partial charge in [-0.1, -0.05) is 0 Å². The van der Waals surface area contributed by atoms with E-state index in [-0.39, 0.29) is 18.7 Å². The molecule has 0 unspecified atom stereocenters. The number of amides is 2. The Hall–Kier alpha value is -3.75. The van der Waals surface area contributed by atoms with Crippen molar-refractivity contribution in [2.45, 2.75) is 19.8 Å². The highest BCUT2D eigenvalue weighted by atomic mass is 16.5. The summed E-state index contributed by atoms with van der Waals surface area (Å²) in [5.74, 6) is 0.131. The summed E-state index contributed by atoms with van der Waals surface area (Å²) in [6.45, 7) is 1.95. The van der Waals surface area contributed by atoms with Gasteiger partial charge in [-0.05, 0) is 43.3 Å². The molecule has 0 saturated heterocycles. The number of nitrogens with one attached hydrogen (secondary N) is 2. The summed E-state index contributed by atoms with van der Waals surface area (Å²) >= 11 is 0. The van der Waals surface area contributed by atoms with Gasteiger partial charge in [-0.3, -0.25) is 14.4 Å². The molecule has 2 N–H and O–H groups in total. The maximum absolute atomic E-state index is 12.1. The molecule has 0 aliphatic rings. The fourth-order valence-electron chi connectivity index (χ4n) is 2.56. The van der Waals surface area contributed by atoms with Crippen LogP contribution >= 0.6 is 0 Å². The molecule has 9 nitrogen and oxygen atoms in total. The summed E-state index contributed by atoms with van der Waals surface area (Å²) in [6.07, 6.45) is -0.226. The molecule has 0 radical (unpaired) electrons. The lowest BCUT2D eigenvalue weighted by molar-refractivity contribution is -0.147. The van der Waals surface area contributed by atoms with E-state index in [1.807, 2.05) is 6.92 Å². The van der Waals surface area contributed by atoms with E-state index in [9.17, 15) is 14.4 Å². The number of carbonyl (C=O) groups is 3. The fourth-order valence-corrected chi connectivity index (χ4v) is 2.56. The number of hydrogen-bond acceptors (Lipinski definition) is 7. The largest absolute Gasteiger partial charge is 0.497 e. The minimum absolute atomic E-state index is 0.0721. The molecule has 0 aromatic heterocycles. The van der Waals surface area contributed by atoms with Gasteiger partial charge in [0.05, 0.1) is 32.9 Å². The van der Waals surface area contributed by atoms with E-state index in [0.29, 0.717) is 35.2 Å². The lowest BCUT2D eigenvalue weighted by Gasteiger charge is -2.12. The first kappa shape index (κ1) is 23.5. The van der Waals surface area contributed by atoms with Crippen molar-refractivity contribution in [2.24, 2.45) is 0 Å². The molecule has 0 aliphatic carbocycles. The summed E-state index contributed by atoms with van der Waals surface area (Å²) in [7, 11) is 2.97. The Labute approximate surface area is 180 Å². The van der Waals surface area contributed by atoms with E-state index in [4.69, 9.17) is 18.9 Å². The zero-order valence-electron chi connectivity index (χ0n) is 17.7. The first-order chi connectivity index (χ1) is 14.9. The third-order valence-electron chi connectivity index (χ3n) is 4.05. The molecule has 0 bridgehead atoms. The molecular formula is C22H26N2O7. The number of anilines is 2. The van der Waals surface area contributed by atoms with Gasteiger partial charge in [-0.2, -0.15) is 0 Å². The molecule has 0 spiro atoms. The second-order valence-corrected chi connectivity index (χ2v) is 6.28. The van der Waals surface area contributed by atoms with E-state index in [1.54, 1.807) is 42.5 Å². The maximum atomic E-state index is 12.1. The molecule has 2 rings (SSSR count). The number of rotatable bonds is 11. The topological polar surface area (TPSA) is 112 Å². The summed E-state index contributed by atoms with van der Waals surface area (Å²) in [6, 6.07) is 11.8. The molecular weight excluding hydrogens is 404 g/mol. The molecule has 0 atom stereocenters. The van der Waals surface area contributed by atoms with Crippen LogP contribution < -0.4 is 24.8 Å². The van der Waals surface area contributed by atoms with E-state index in [2.05, 4.69) is 10.6 Å². The van der Waals surface area contributed by atoms with Gasteiger partial charge >= 0.3 is 5.97 Å². The standard InChI is InChI=1S/C22H26N2O7/c1-4-30-16-7-5-15(6-8-16)23-20(25)11-12-22(27)31-14-21(26)24-18-13-17(28-2)9-10-19(18)29-3/h5-10,13H,4,11-12,14H2,1-3H3,(H,23,25)(H,24,26). The zero-order valence-corrected chi connectivity index (χ0v) is 17.7. The van der Waals surface area contributed by atoms with Crippen LogP contribution in [0.3, 0.4) is 0 Å². The Kier molecular flexibility index (Phi) is 9.15. The van der Waals surface area contributed by atoms with Crippen molar-refractivity contribution in [3.05, 3.63) is 42.5 Å². The molecule has 2 amide bonds. The SMILES string of the molecule is CCOc1ccc(NC(=O)CCC(=O)OCC(=O)Nc2cc(OC)ccc2OC)cc1. The van der Waals surface area contributed by atoms with Crippen LogP contribution in [0.25, 0.3) is 0 Å². The predicted octanol–water partition coefficient (Wildman–Crippen LogP) is 3.00. The van der Waals surface area contributed by atoms with Crippen molar-refractivity contribution in [2.75, 3.05) is 38.1 Å². The van der Waals surface area contributed by atoms with E-state index in [1.165, 1.54) is 14.2 Å². The Balaban J connectivity index is 1.73. The van der Waals surface area contributed by atoms with Crippen molar-refractivity contribution >= 4 is 29.2 Å². The number of methoxy groups -OCH3 is 2. The number of hydrogen-bond donors (Lipinski definition) is 2. The van der Waals surface area contributed by atoms with E-state index in [0.717, 1.165) is 0 Å². The van der Waals surface area contributed by atoms with Gasteiger partial charge in [0.2, 0.25) is 5.91 Å². The monoisotopic (exact) mass is 430 g/mol. The third kappa shape index (κ3) is 7.88. The van der Waals surface area contributed by atoms with Crippen molar-refractivity contribution < 1.29 is 33.3 Å². The average Bonchev–Trinajstić information content (AvgIpc) is 2.77. The third-order valence-corrected chi connectivity index (χ3v) is 4.05. The first-order valence-electron chi connectivity index (χ1n) is 9.65. The van der Waals surface area contributed by atoms with Crippen molar-refractivity contribution in [1.29, 1.82) is 0 Å². The van der Waals surface area contributed by atoms with Crippen molar-refractivity contribution in [3.8, 4) is 17.2 Å². The van der Waals surface area contributed by atoms with Gasteiger partial charge in [0, 0.05) is 18.2 Å². The smallest absolute Gasteiger partial charge is 0.306 e. The number of benzene rings is 2. The summed E-state index contributed by atoms with van der Waals surface area (Å²) in [5, 5.41) is 5.27. The van der Waals surface area contributed by atoms with Crippen LogP contribution in [0.5, 0.6) is 17.2 Å². The highest BCUT2D eigenvalue weighted by Crippen LogP contribution is 2.28. The lowest BCUT2D eigenvalue weighted by atomic mass is 10.2. The molecule has 166 valence electrons. The van der Waals surface area contributed by atoms with Crippen LogP contribution in [0.1, 0.15) is 19.8 Å². The molecule has 0 saturated carbocycles. The minimum Gasteiger partial charge on any atom is -0.497 e. The Bertz CT molecular complexity index is 897. The molecule has 31 heavy (non-hydrogen) atoms. The zero-order chi connectivity index (χ0) is 22.6. The van der Waals surface area contributed by atoms with Crippen LogP contribution in [-0.2, 0) is 19.1 Å². The Morgan fingerprint density at radius 2 is 1.55 bits per heavy atom. The molecule has 2 aromatic rings. The minimum atomic E-state index is -0.658. The quantitative estimate of drug-likeness (QED) is 0.527. The van der Waals surface area contributed by atoms with Crippen LogP contribution in [0, 0.1) is 0 Å². The summed E-state index contributed by atoms with van der Waals surface area (Å²) < 4.78 is 20.5. The molecule has 2 aromatic carbocycles. The highest BCUT2D eigenvalue weighted by Gasteiger charge is 2.13. The highest BCUT2D eigenvalue weighted by molar-refractivity contribution is 5.95. The van der Waals surface area contributed by atoms with Crippen molar-refractivity contribution in [3.63, 3.8) is 0 Å². The van der Waals surface area contributed by atoms with Gasteiger partial charge in [0.1, 0.15) is 17.2 Å². The second-order valence-electron chi connectivity index (χ2n) is 6.28. The van der Waals surface area contributed by atoms with Gasteiger partial charge in [0.25, 0.3) is 5.91 Å². The second kappa shape index (κ2) is 12.1. The molecule has 0 fully saturated rings. The van der Waals surface area contributed by atoms with Gasteiger partial charge < -0.3 is 29.6 Å². The van der Waals surface area contributed by atoms with Crippen LogP contribution in [0.15, 0.2) is 42.5 Å². The Morgan fingerprint density at radius 1 is 0.839 bits per heavy atom. The van der Waals surface area contributed by atoms with E-state index >= 15 is 0 Å². The van der Waals surface area contributed by atoms with Crippen molar-refractivity contribution in [1.82, 2.24) is 0 Å². The normalized spacial score (nSPS) is 10.0. The Morgan fingerprint density at radius 3 is 2.19 bits per heavy atom. The molecule has 9 heteroatoms. The average molecular weight is 430 g/mol. The first-order valence-corrected chi connectivity index (χ1v) is 9.65. The van der Waals surface area contributed by atoms with Gasteiger partial charge in [-0.25, -0.2) is 0 Å². The fraction of sp³-hybridized carbons (Fsp3) is 0.318. The van der Waals surface area contributed by atoms with E-state index < -0.39 is 18.5 Å². The summed E-state index contributed by atoms with van der Waals surface area (Å²) in [5.41, 5.74) is 0.978. The number of ether oxygens (including phenoxy) is 4. The number of carbonyl (C=O) groups excluding carboxylic acids is 3.